The largest absolute Gasteiger partial charge is 0.490 e. The topological polar surface area (TPSA) is 43.0 Å². The standard InChI is InChI=1S/C21H24N2O3S/c1-14-3-4-16(11-15(14)2)22-21(27)23-9-7-17(8-10-23)26-18-5-6-19-20(12-18)25-13-24-19/h3-6,11-12,17H,7-10,13H2,1-2H3,(H,22,27). The number of hydrogen-bond donors (Lipinski definition) is 1. The maximum atomic E-state index is 6.13. The number of rotatable bonds is 3. The summed E-state index contributed by atoms with van der Waals surface area (Å²) in [7, 11) is 0. The van der Waals surface area contributed by atoms with Crippen LogP contribution >= 0.6 is 12.2 Å². The molecule has 6 heteroatoms. The van der Waals surface area contributed by atoms with Crippen molar-refractivity contribution in [2.24, 2.45) is 0 Å². The van der Waals surface area contributed by atoms with E-state index in [0.29, 0.717) is 0 Å². The summed E-state index contributed by atoms with van der Waals surface area (Å²) >= 11 is 5.60. The molecule has 1 saturated heterocycles. The van der Waals surface area contributed by atoms with Crippen molar-refractivity contribution in [1.82, 2.24) is 4.90 Å². The van der Waals surface area contributed by atoms with E-state index in [-0.39, 0.29) is 12.9 Å². The van der Waals surface area contributed by atoms with Gasteiger partial charge in [0, 0.05) is 37.7 Å². The molecular formula is C21H24N2O3S. The fourth-order valence-corrected chi connectivity index (χ4v) is 3.64. The minimum atomic E-state index is 0.186. The quantitative estimate of drug-likeness (QED) is 0.797. The molecule has 2 aliphatic heterocycles. The first-order valence-electron chi connectivity index (χ1n) is 9.28. The van der Waals surface area contributed by atoms with Gasteiger partial charge in [-0.25, -0.2) is 0 Å². The van der Waals surface area contributed by atoms with Crippen molar-refractivity contribution in [2.75, 3.05) is 25.2 Å². The molecule has 1 N–H and O–H groups in total. The van der Waals surface area contributed by atoms with E-state index in [9.17, 15) is 0 Å². The molecule has 0 aliphatic carbocycles. The van der Waals surface area contributed by atoms with Crippen LogP contribution in [-0.4, -0.2) is 36.0 Å². The van der Waals surface area contributed by atoms with E-state index in [1.54, 1.807) is 0 Å². The molecule has 142 valence electrons. The Balaban J connectivity index is 1.29. The van der Waals surface area contributed by atoms with Gasteiger partial charge in [-0.2, -0.15) is 0 Å². The zero-order valence-electron chi connectivity index (χ0n) is 15.7. The van der Waals surface area contributed by atoms with Crippen LogP contribution in [-0.2, 0) is 0 Å². The number of hydrogen-bond acceptors (Lipinski definition) is 4. The Bertz CT molecular complexity index is 847. The summed E-state index contributed by atoms with van der Waals surface area (Å²) in [5, 5.41) is 4.14. The van der Waals surface area contributed by atoms with E-state index < -0.39 is 0 Å². The summed E-state index contributed by atoms with van der Waals surface area (Å²) in [5.74, 6) is 2.36. The fourth-order valence-electron chi connectivity index (χ4n) is 3.34. The average Bonchev–Trinajstić information content (AvgIpc) is 3.13. The van der Waals surface area contributed by atoms with Crippen molar-refractivity contribution in [3.05, 3.63) is 47.5 Å². The fraction of sp³-hybridized carbons (Fsp3) is 0.381. The monoisotopic (exact) mass is 384 g/mol. The van der Waals surface area contributed by atoms with Crippen LogP contribution in [0.3, 0.4) is 0 Å². The third-order valence-electron chi connectivity index (χ3n) is 5.13. The first kappa shape index (κ1) is 17.9. The number of thiocarbonyl (C=S) groups is 1. The van der Waals surface area contributed by atoms with E-state index in [0.717, 1.165) is 54.0 Å². The van der Waals surface area contributed by atoms with Crippen molar-refractivity contribution in [3.8, 4) is 17.2 Å². The molecule has 1 fully saturated rings. The molecule has 0 aromatic heterocycles. The highest BCUT2D eigenvalue weighted by Gasteiger charge is 2.23. The summed E-state index contributed by atoms with van der Waals surface area (Å²) in [6.07, 6.45) is 2.05. The van der Waals surface area contributed by atoms with Gasteiger partial charge in [0.05, 0.1) is 0 Å². The second-order valence-electron chi connectivity index (χ2n) is 7.05. The van der Waals surface area contributed by atoms with Crippen LogP contribution < -0.4 is 19.5 Å². The normalized spacial score (nSPS) is 16.3. The summed E-state index contributed by atoms with van der Waals surface area (Å²) < 4.78 is 16.9. The lowest BCUT2D eigenvalue weighted by atomic mass is 10.1. The van der Waals surface area contributed by atoms with Gasteiger partial charge in [0.2, 0.25) is 6.79 Å². The number of nitrogens with one attached hydrogen (secondary N) is 1. The summed E-state index contributed by atoms with van der Waals surface area (Å²) in [4.78, 5) is 2.21. The van der Waals surface area contributed by atoms with E-state index in [1.165, 1.54) is 11.1 Å². The predicted molar refractivity (Wildman–Crippen MR) is 110 cm³/mol. The Morgan fingerprint density at radius 1 is 1.04 bits per heavy atom. The van der Waals surface area contributed by atoms with Gasteiger partial charge in [0.25, 0.3) is 0 Å². The Hall–Kier alpha value is -2.47. The zero-order chi connectivity index (χ0) is 18.8. The maximum absolute atomic E-state index is 6.13. The van der Waals surface area contributed by atoms with E-state index in [1.807, 2.05) is 18.2 Å². The molecule has 2 aromatic rings. The molecule has 0 saturated carbocycles. The number of benzene rings is 2. The van der Waals surface area contributed by atoms with Crippen molar-refractivity contribution in [2.45, 2.75) is 32.8 Å². The van der Waals surface area contributed by atoms with Crippen molar-refractivity contribution >= 4 is 23.0 Å². The van der Waals surface area contributed by atoms with Crippen LogP contribution in [0.2, 0.25) is 0 Å². The molecule has 0 spiro atoms. The molecule has 2 aliphatic rings. The van der Waals surface area contributed by atoms with Crippen LogP contribution in [0.1, 0.15) is 24.0 Å². The SMILES string of the molecule is Cc1ccc(NC(=S)N2CCC(Oc3ccc4c(c3)OCO4)CC2)cc1C. The Morgan fingerprint density at radius 3 is 2.59 bits per heavy atom. The first-order chi connectivity index (χ1) is 13.1. The van der Waals surface area contributed by atoms with Crippen LogP contribution in [0.4, 0.5) is 5.69 Å². The lowest BCUT2D eigenvalue weighted by Gasteiger charge is -2.34. The van der Waals surface area contributed by atoms with Crippen molar-refractivity contribution < 1.29 is 14.2 Å². The Kier molecular flexibility index (Phi) is 5.07. The highest BCUT2D eigenvalue weighted by molar-refractivity contribution is 7.80. The van der Waals surface area contributed by atoms with Crippen LogP contribution in [0.5, 0.6) is 17.2 Å². The third kappa shape index (κ3) is 4.11. The predicted octanol–water partition coefficient (Wildman–Crippen LogP) is 4.27. The van der Waals surface area contributed by atoms with Gasteiger partial charge in [-0.05, 0) is 61.5 Å². The third-order valence-corrected chi connectivity index (χ3v) is 5.49. The van der Waals surface area contributed by atoms with Crippen molar-refractivity contribution in [3.63, 3.8) is 0 Å². The number of likely N-dealkylation sites (tertiary alicyclic amines) is 1. The molecule has 5 nitrogen and oxygen atoms in total. The highest BCUT2D eigenvalue weighted by atomic mass is 32.1. The molecular weight excluding hydrogens is 360 g/mol. The van der Waals surface area contributed by atoms with Gasteiger partial charge < -0.3 is 24.4 Å². The maximum Gasteiger partial charge on any atom is 0.231 e. The summed E-state index contributed by atoms with van der Waals surface area (Å²) in [6.45, 7) is 6.27. The summed E-state index contributed by atoms with van der Waals surface area (Å²) in [6, 6.07) is 12.1. The minimum Gasteiger partial charge on any atom is -0.490 e. The molecule has 2 heterocycles. The van der Waals surface area contributed by atoms with Gasteiger partial charge in [-0.1, -0.05) is 6.07 Å². The number of fused-ring (bicyclic) bond motifs is 1. The van der Waals surface area contributed by atoms with Gasteiger partial charge >= 0.3 is 0 Å². The van der Waals surface area contributed by atoms with E-state index in [2.05, 4.69) is 42.3 Å². The number of anilines is 1. The molecule has 27 heavy (non-hydrogen) atoms. The van der Waals surface area contributed by atoms with Crippen LogP contribution in [0.15, 0.2) is 36.4 Å². The molecule has 2 aromatic carbocycles. The molecule has 0 bridgehead atoms. The number of nitrogens with zero attached hydrogens (tertiary/aromatic N) is 1. The summed E-state index contributed by atoms with van der Waals surface area (Å²) in [5.41, 5.74) is 3.59. The first-order valence-corrected chi connectivity index (χ1v) is 9.69. The van der Waals surface area contributed by atoms with Crippen LogP contribution in [0, 0.1) is 13.8 Å². The molecule has 0 atom stereocenters. The second-order valence-corrected chi connectivity index (χ2v) is 7.44. The van der Waals surface area contributed by atoms with Gasteiger partial charge in [-0.3, -0.25) is 0 Å². The van der Waals surface area contributed by atoms with E-state index >= 15 is 0 Å². The average molecular weight is 385 g/mol. The van der Waals surface area contributed by atoms with Crippen LogP contribution in [0.25, 0.3) is 0 Å². The van der Waals surface area contributed by atoms with Gasteiger partial charge in [0.1, 0.15) is 11.9 Å². The zero-order valence-corrected chi connectivity index (χ0v) is 16.5. The lowest BCUT2D eigenvalue weighted by Crippen LogP contribution is -2.43. The second kappa shape index (κ2) is 7.64. The Labute approximate surface area is 165 Å². The van der Waals surface area contributed by atoms with E-state index in [4.69, 9.17) is 26.4 Å². The highest BCUT2D eigenvalue weighted by Crippen LogP contribution is 2.35. The Morgan fingerprint density at radius 2 is 1.81 bits per heavy atom. The number of ether oxygens (including phenoxy) is 3. The van der Waals surface area contributed by atoms with Gasteiger partial charge in [-0.15, -0.1) is 0 Å². The molecule has 0 unspecified atom stereocenters. The smallest absolute Gasteiger partial charge is 0.231 e. The van der Waals surface area contributed by atoms with Gasteiger partial charge in [0.15, 0.2) is 16.6 Å². The molecule has 0 radical (unpaired) electrons. The lowest BCUT2D eigenvalue weighted by molar-refractivity contribution is 0.131. The molecule has 0 amide bonds. The number of piperidine rings is 1. The number of aryl methyl sites for hydroxylation is 2. The minimum absolute atomic E-state index is 0.186. The van der Waals surface area contributed by atoms with Crippen molar-refractivity contribution in [1.29, 1.82) is 0 Å². The molecule has 4 rings (SSSR count).